The summed E-state index contributed by atoms with van der Waals surface area (Å²) in [5, 5.41) is 3.97. The Morgan fingerprint density at radius 2 is 1.86 bits per heavy atom. The molecule has 1 atom stereocenters. The van der Waals surface area contributed by atoms with Gasteiger partial charge in [0, 0.05) is 22.0 Å². The van der Waals surface area contributed by atoms with Crippen LogP contribution in [-0.4, -0.2) is 29.5 Å². The van der Waals surface area contributed by atoms with Gasteiger partial charge in [-0.1, -0.05) is 54.9 Å². The highest BCUT2D eigenvalue weighted by molar-refractivity contribution is 6.33. The Bertz CT molecular complexity index is 1020. The van der Waals surface area contributed by atoms with Gasteiger partial charge in [0.2, 0.25) is 0 Å². The van der Waals surface area contributed by atoms with Gasteiger partial charge in [-0.2, -0.15) is 0 Å². The number of esters is 1. The van der Waals surface area contributed by atoms with Gasteiger partial charge in [-0.25, -0.2) is 9.78 Å². The van der Waals surface area contributed by atoms with E-state index in [-0.39, 0.29) is 18.6 Å². The highest BCUT2D eigenvalue weighted by Gasteiger charge is 2.17. The van der Waals surface area contributed by atoms with Crippen LogP contribution in [0.25, 0.3) is 22.2 Å². The largest absolute Gasteiger partial charge is 0.452 e. The minimum atomic E-state index is -0.578. The standard InChI is InChI=1S/C22H21ClN2O3/c1-3-14(2)24-21(26)13-28-22(27)17-12-20(16-9-4-6-10-18(16)23)25-19-11-7-5-8-15(17)19/h4-12,14H,3,13H2,1-2H3,(H,24,26)/t14-/m0/s1. The zero-order chi connectivity index (χ0) is 20.1. The Morgan fingerprint density at radius 1 is 1.14 bits per heavy atom. The summed E-state index contributed by atoms with van der Waals surface area (Å²) in [5.74, 6) is -0.904. The van der Waals surface area contributed by atoms with Gasteiger partial charge in [-0.3, -0.25) is 4.79 Å². The SMILES string of the molecule is CC[C@H](C)NC(=O)COC(=O)c1cc(-c2ccccc2Cl)nc2ccccc12. The normalized spacial score (nSPS) is 11.8. The van der Waals surface area contributed by atoms with E-state index in [1.54, 1.807) is 18.2 Å². The fourth-order valence-electron chi connectivity index (χ4n) is 2.78. The molecule has 28 heavy (non-hydrogen) atoms. The lowest BCUT2D eigenvalue weighted by Crippen LogP contribution is -2.35. The third-order valence-electron chi connectivity index (χ3n) is 4.44. The minimum Gasteiger partial charge on any atom is -0.452 e. The molecule has 0 unspecified atom stereocenters. The van der Waals surface area contributed by atoms with E-state index >= 15 is 0 Å². The average Bonchev–Trinajstić information content (AvgIpc) is 2.71. The Kier molecular flexibility index (Phi) is 6.26. The molecule has 5 nitrogen and oxygen atoms in total. The molecule has 1 heterocycles. The van der Waals surface area contributed by atoms with Crippen molar-refractivity contribution in [3.63, 3.8) is 0 Å². The molecule has 0 aliphatic heterocycles. The van der Waals surface area contributed by atoms with E-state index in [9.17, 15) is 9.59 Å². The predicted molar refractivity (Wildman–Crippen MR) is 110 cm³/mol. The van der Waals surface area contributed by atoms with Crippen LogP contribution in [0.5, 0.6) is 0 Å². The number of amides is 1. The number of benzene rings is 2. The molecule has 144 valence electrons. The van der Waals surface area contributed by atoms with Crippen molar-refractivity contribution >= 4 is 34.4 Å². The highest BCUT2D eigenvalue weighted by atomic mass is 35.5. The number of aromatic nitrogens is 1. The molecule has 0 fully saturated rings. The molecule has 1 aromatic heterocycles. The molecule has 0 aliphatic rings. The van der Waals surface area contributed by atoms with E-state index in [1.807, 2.05) is 50.2 Å². The van der Waals surface area contributed by atoms with E-state index in [2.05, 4.69) is 10.3 Å². The Balaban J connectivity index is 1.92. The Morgan fingerprint density at radius 3 is 2.61 bits per heavy atom. The summed E-state index contributed by atoms with van der Waals surface area (Å²) in [5.41, 5.74) is 2.28. The number of ether oxygens (including phenoxy) is 1. The number of nitrogens with zero attached hydrogens (tertiary/aromatic N) is 1. The van der Waals surface area contributed by atoms with Crippen LogP contribution in [0.1, 0.15) is 30.6 Å². The van der Waals surface area contributed by atoms with Crippen molar-refractivity contribution in [3.8, 4) is 11.3 Å². The molecule has 6 heteroatoms. The first kappa shape index (κ1) is 19.8. The van der Waals surface area contributed by atoms with Crippen molar-refractivity contribution < 1.29 is 14.3 Å². The van der Waals surface area contributed by atoms with Gasteiger partial charge in [-0.05, 0) is 31.5 Å². The van der Waals surface area contributed by atoms with E-state index in [0.29, 0.717) is 27.2 Å². The Labute approximate surface area is 168 Å². The summed E-state index contributed by atoms with van der Waals surface area (Å²) in [6, 6.07) is 16.3. The van der Waals surface area contributed by atoms with Crippen LogP contribution in [0.2, 0.25) is 5.02 Å². The summed E-state index contributed by atoms with van der Waals surface area (Å²) in [6.45, 7) is 3.53. The molecule has 3 aromatic rings. The maximum absolute atomic E-state index is 12.7. The number of halogens is 1. The predicted octanol–water partition coefficient (Wildman–Crippen LogP) is 4.63. The lowest BCUT2D eigenvalue weighted by atomic mass is 10.0. The van der Waals surface area contributed by atoms with Crippen LogP contribution >= 0.6 is 11.6 Å². The number of carbonyl (C=O) groups excluding carboxylic acids is 2. The first-order valence-corrected chi connectivity index (χ1v) is 9.48. The second kappa shape index (κ2) is 8.85. The van der Waals surface area contributed by atoms with Crippen LogP contribution in [0.4, 0.5) is 0 Å². The first-order valence-electron chi connectivity index (χ1n) is 9.10. The lowest BCUT2D eigenvalue weighted by Gasteiger charge is -2.13. The zero-order valence-corrected chi connectivity index (χ0v) is 16.5. The smallest absolute Gasteiger partial charge is 0.339 e. The van der Waals surface area contributed by atoms with Crippen LogP contribution in [0, 0.1) is 0 Å². The number of rotatable bonds is 6. The maximum atomic E-state index is 12.7. The summed E-state index contributed by atoms with van der Waals surface area (Å²) in [7, 11) is 0. The monoisotopic (exact) mass is 396 g/mol. The van der Waals surface area contributed by atoms with E-state index in [0.717, 1.165) is 12.0 Å². The summed E-state index contributed by atoms with van der Waals surface area (Å²) in [6.07, 6.45) is 0.801. The van der Waals surface area contributed by atoms with E-state index in [1.165, 1.54) is 0 Å². The second-order valence-electron chi connectivity index (χ2n) is 6.50. The number of para-hydroxylation sites is 1. The molecule has 0 aliphatic carbocycles. The average molecular weight is 397 g/mol. The molecular weight excluding hydrogens is 376 g/mol. The fourth-order valence-corrected chi connectivity index (χ4v) is 3.01. The Hall–Kier alpha value is -2.92. The molecular formula is C22H21ClN2O3. The number of carbonyl (C=O) groups is 2. The summed E-state index contributed by atoms with van der Waals surface area (Å²) in [4.78, 5) is 29.3. The highest BCUT2D eigenvalue weighted by Crippen LogP contribution is 2.30. The molecule has 1 amide bonds. The van der Waals surface area contributed by atoms with E-state index in [4.69, 9.17) is 16.3 Å². The minimum absolute atomic E-state index is 0.0276. The molecule has 0 saturated heterocycles. The van der Waals surface area contributed by atoms with Crippen LogP contribution in [0.3, 0.4) is 0 Å². The van der Waals surface area contributed by atoms with Crippen molar-refractivity contribution in [3.05, 3.63) is 65.2 Å². The van der Waals surface area contributed by atoms with Gasteiger partial charge in [0.1, 0.15) is 0 Å². The third kappa shape index (κ3) is 4.49. The van der Waals surface area contributed by atoms with Crippen molar-refractivity contribution in [2.75, 3.05) is 6.61 Å². The number of pyridine rings is 1. The third-order valence-corrected chi connectivity index (χ3v) is 4.77. The number of fused-ring (bicyclic) bond motifs is 1. The van der Waals surface area contributed by atoms with Crippen LogP contribution < -0.4 is 5.32 Å². The molecule has 0 spiro atoms. The topological polar surface area (TPSA) is 68.3 Å². The van der Waals surface area contributed by atoms with Crippen molar-refractivity contribution in [1.82, 2.24) is 10.3 Å². The number of hydrogen-bond donors (Lipinski definition) is 1. The van der Waals surface area contributed by atoms with E-state index < -0.39 is 5.97 Å². The molecule has 2 aromatic carbocycles. The molecule has 1 N–H and O–H groups in total. The van der Waals surface area contributed by atoms with Crippen LogP contribution in [-0.2, 0) is 9.53 Å². The number of hydrogen-bond acceptors (Lipinski definition) is 4. The second-order valence-corrected chi connectivity index (χ2v) is 6.91. The van der Waals surface area contributed by atoms with Crippen molar-refractivity contribution in [1.29, 1.82) is 0 Å². The number of nitrogens with one attached hydrogen (secondary N) is 1. The quantitative estimate of drug-likeness (QED) is 0.617. The first-order chi connectivity index (χ1) is 13.5. The molecule has 3 rings (SSSR count). The van der Waals surface area contributed by atoms with Crippen molar-refractivity contribution in [2.45, 2.75) is 26.3 Å². The van der Waals surface area contributed by atoms with Gasteiger partial charge >= 0.3 is 5.97 Å². The summed E-state index contributed by atoms with van der Waals surface area (Å²) >= 11 is 6.30. The van der Waals surface area contributed by atoms with Gasteiger partial charge < -0.3 is 10.1 Å². The van der Waals surface area contributed by atoms with Crippen molar-refractivity contribution in [2.24, 2.45) is 0 Å². The van der Waals surface area contributed by atoms with Gasteiger partial charge in [0.05, 0.1) is 16.8 Å². The zero-order valence-electron chi connectivity index (χ0n) is 15.7. The van der Waals surface area contributed by atoms with Gasteiger partial charge in [-0.15, -0.1) is 0 Å². The van der Waals surface area contributed by atoms with Crippen LogP contribution in [0.15, 0.2) is 54.6 Å². The molecule has 0 radical (unpaired) electrons. The van der Waals surface area contributed by atoms with Gasteiger partial charge in [0.25, 0.3) is 5.91 Å². The lowest BCUT2D eigenvalue weighted by molar-refractivity contribution is -0.124. The molecule has 0 saturated carbocycles. The fraction of sp³-hybridized carbons (Fsp3) is 0.227. The molecule has 0 bridgehead atoms. The summed E-state index contributed by atoms with van der Waals surface area (Å²) < 4.78 is 5.25. The maximum Gasteiger partial charge on any atom is 0.339 e. The van der Waals surface area contributed by atoms with Gasteiger partial charge in [0.15, 0.2) is 6.61 Å².